The highest BCUT2D eigenvalue weighted by Gasteiger charge is 2.42. The summed E-state index contributed by atoms with van der Waals surface area (Å²) < 4.78 is 31.8. The monoisotopic (exact) mass is 312 g/mol. The molecule has 1 fully saturated rings. The lowest BCUT2D eigenvalue weighted by molar-refractivity contribution is -0.151. The van der Waals surface area contributed by atoms with E-state index in [1.165, 1.54) is 11.4 Å². The maximum atomic E-state index is 12.5. The second kappa shape index (κ2) is 6.13. The summed E-state index contributed by atoms with van der Waals surface area (Å²) in [5.74, 6) is -0.389. The Hall–Kier alpha value is -1.44. The maximum absolute atomic E-state index is 12.5. The smallest absolute Gasteiger partial charge is 0.253 e. The van der Waals surface area contributed by atoms with Gasteiger partial charge in [0.2, 0.25) is 10.0 Å². The van der Waals surface area contributed by atoms with Crippen molar-refractivity contribution >= 4 is 15.9 Å². The van der Waals surface area contributed by atoms with E-state index in [0.29, 0.717) is 0 Å². The molecule has 1 aliphatic heterocycles. The second-order valence-corrected chi connectivity index (χ2v) is 7.20. The summed E-state index contributed by atoms with van der Waals surface area (Å²) in [6.45, 7) is 2.11. The van der Waals surface area contributed by atoms with E-state index in [1.54, 1.807) is 31.2 Å². The molecular weight excluding hydrogens is 292 g/mol. The highest BCUT2D eigenvalue weighted by atomic mass is 32.2. The Kier molecular flexibility index (Phi) is 4.65. The molecule has 2 rings (SSSR count). The molecule has 6 nitrogen and oxygen atoms in total. The first-order valence-corrected chi connectivity index (χ1v) is 8.36. The van der Waals surface area contributed by atoms with Gasteiger partial charge in [-0.15, -0.1) is 0 Å². The van der Waals surface area contributed by atoms with Gasteiger partial charge in [-0.2, -0.15) is 4.31 Å². The van der Waals surface area contributed by atoms with Gasteiger partial charge in [0.05, 0.1) is 18.9 Å². The lowest BCUT2D eigenvalue weighted by Crippen LogP contribution is -2.58. The normalized spacial score (nSPS) is 23.7. The van der Waals surface area contributed by atoms with E-state index in [9.17, 15) is 13.2 Å². The molecule has 21 heavy (non-hydrogen) atoms. The van der Waals surface area contributed by atoms with Crippen LogP contribution >= 0.6 is 0 Å². The average molecular weight is 312 g/mol. The number of likely N-dealkylation sites (N-methyl/N-ethyl adjacent to an activating group) is 1. The van der Waals surface area contributed by atoms with Gasteiger partial charge >= 0.3 is 0 Å². The van der Waals surface area contributed by atoms with Crippen LogP contribution in [-0.2, 0) is 25.3 Å². The summed E-state index contributed by atoms with van der Waals surface area (Å²) in [5, 5.41) is 2.51. The molecule has 1 aromatic rings. The number of amides is 1. The van der Waals surface area contributed by atoms with Crippen molar-refractivity contribution in [2.75, 3.05) is 26.7 Å². The molecule has 7 heteroatoms. The van der Waals surface area contributed by atoms with Crippen molar-refractivity contribution in [1.82, 2.24) is 9.62 Å². The van der Waals surface area contributed by atoms with Crippen LogP contribution < -0.4 is 5.32 Å². The first kappa shape index (κ1) is 15.9. The molecule has 1 aromatic carbocycles. The summed E-state index contributed by atoms with van der Waals surface area (Å²) in [4.78, 5) is 11.9. The Bertz CT molecular complexity index is 603. The standard InChI is InChI=1S/C14H20N2O4S/c1-14(13(17)15-2)11-16(8-9-20-14)21(18,19)10-12-6-4-3-5-7-12/h3-7H,8-11H2,1-2H3,(H,15,17)/t14-/m1/s1. The highest BCUT2D eigenvalue weighted by Crippen LogP contribution is 2.22. The molecule has 1 heterocycles. The zero-order valence-electron chi connectivity index (χ0n) is 12.2. The molecule has 116 valence electrons. The largest absolute Gasteiger partial charge is 0.363 e. The predicted octanol–water partition coefficient (Wildman–Crippen LogP) is 0.353. The van der Waals surface area contributed by atoms with Gasteiger partial charge in [-0.05, 0) is 12.5 Å². The zero-order chi connectivity index (χ0) is 15.5. The molecule has 0 spiro atoms. The Labute approximate surface area is 125 Å². The quantitative estimate of drug-likeness (QED) is 0.870. The number of hydrogen-bond donors (Lipinski definition) is 1. The molecule has 1 atom stereocenters. The number of morpholine rings is 1. The molecular formula is C14H20N2O4S. The lowest BCUT2D eigenvalue weighted by atomic mass is 10.0. The van der Waals surface area contributed by atoms with Gasteiger partial charge in [-0.3, -0.25) is 4.79 Å². The number of carbonyl (C=O) groups excluding carboxylic acids is 1. The third kappa shape index (κ3) is 3.61. The van der Waals surface area contributed by atoms with Gasteiger partial charge in [-0.1, -0.05) is 30.3 Å². The van der Waals surface area contributed by atoms with Crippen molar-refractivity contribution in [2.24, 2.45) is 0 Å². The topological polar surface area (TPSA) is 75.7 Å². The number of carbonyl (C=O) groups is 1. The number of hydrogen-bond acceptors (Lipinski definition) is 4. The van der Waals surface area contributed by atoms with Gasteiger partial charge in [0, 0.05) is 13.6 Å². The minimum Gasteiger partial charge on any atom is -0.363 e. The first-order valence-electron chi connectivity index (χ1n) is 6.75. The number of nitrogens with zero attached hydrogens (tertiary/aromatic N) is 1. The number of benzene rings is 1. The maximum Gasteiger partial charge on any atom is 0.253 e. The number of ether oxygens (including phenoxy) is 1. The van der Waals surface area contributed by atoms with Gasteiger partial charge < -0.3 is 10.1 Å². The molecule has 0 saturated carbocycles. The van der Waals surface area contributed by atoms with E-state index in [4.69, 9.17) is 4.74 Å². The fraction of sp³-hybridized carbons (Fsp3) is 0.500. The van der Waals surface area contributed by atoms with E-state index >= 15 is 0 Å². The third-order valence-corrected chi connectivity index (χ3v) is 5.33. The lowest BCUT2D eigenvalue weighted by Gasteiger charge is -2.38. The fourth-order valence-electron chi connectivity index (χ4n) is 2.35. The molecule has 0 unspecified atom stereocenters. The Morgan fingerprint density at radius 3 is 2.67 bits per heavy atom. The van der Waals surface area contributed by atoms with Crippen LogP contribution in [0.25, 0.3) is 0 Å². The third-order valence-electron chi connectivity index (χ3n) is 3.53. The first-order chi connectivity index (χ1) is 9.87. The van der Waals surface area contributed by atoms with E-state index in [1.807, 2.05) is 6.07 Å². The second-order valence-electron chi connectivity index (χ2n) is 5.23. The number of sulfonamides is 1. The summed E-state index contributed by atoms with van der Waals surface area (Å²) in [6.07, 6.45) is 0. The van der Waals surface area contributed by atoms with Crippen LogP contribution in [0.3, 0.4) is 0 Å². The predicted molar refractivity (Wildman–Crippen MR) is 79.1 cm³/mol. The van der Waals surface area contributed by atoms with Gasteiger partial charge in [0.1, 0.15) is 0 Å². The van der Waals surface area contributed by atoms with Crippen molar-refractivity contribution in [2.45, 2.75) is 18.3 Å². The van der Waals surface area contributed by atoms with Gasteiger partial charge in [0.15, 0.2) is 5.60 Å². The highest BCUT2D eigenvalue weighted by molar-refractivity contribution is 7.88. The van der Waals surface area contributed by atoms with Crippen LogP contribution in [0, 0.1) is 0 Å². The SMILES string of the molecule is CNC(=O)[C@@]1(C)CN(S(=O)(=O)Cc2ccccc2)CCO1. The van der Waals surface area contributed by atoms with Crippen molar-refractivity contribution in [1.29, 1.82) is 0 Å². The van der Waals surface area contributed by atoms with Crippen LogP contribution in [-0.4, -0.2) is 51.0 Å². The molecule has 1 aliphatic rings. The fourth-order valence-corrected chi connectivity index (χ4v) is 3.94. The van der Waals surface area contributed by atoms with Crippen molar-refractivity contribution in [3.05, 3.63) is 35.9 Å². The van der Waals surface area contributed by atoms with Crippen LogP contribution in [0.4, 0.5) is 0 Å². The summed E-state index contributed by atoms with van der Waals surface area (Å²) in [7, 11) is -1.97. The van der Waals surface area contributed by atoms with Crippen LogP contribution in [0.1, 0.15) is 12.5 Å². The average Bonchev–Trinajstić information content (AvgIpc) is 2.47. The zero-order valence-corrected chi connectivity index (χ0v) is 13.0. The van der Waals surface area contributed by atoms with E-state index in [2.05, 4.69) is 5.32 Å². The summed E-state index contributed by atoms with van der Waals surface area (Å²) >= 11 is 0. The van der Waals surface area contributed by atoms with E-state index in [0.717, 1.165) is 5.56 Å². The molecule has 0 aliphatic carbocycles. The number of rotatable bonds is 4. The van der Waals surface area contributed by atoms with Crippen LogP contribution in [0.2, 0.25) is 0 Å². The molecule has 0 aromatic heterocycles. The Morgan fingerprint density at radius 2 is 2.05 bits per heavy atom. The molecule has 1 saturated heterocycles. The van der Waals surface area contributed by atoms with E-state index < -0.39 is 15.6 Å². The van der Waals surface area contributed by atoms with Gasteiger partial charge in [0.25, 0.3) is 5.91 Å². The van der Waals surface area contributed by atoms with Crippen molar-refractivity contribution in [3.8, 4) is 0 Å². The number of nitrogens with one attached hydrogen (secondary N) is 1. The van der Waals surface area contributed by atoms with Gasteiger partial charge in [-0.25, -0.2) is 8.42 Å². The molecule has 1 amide bonds. The van der Waals surface area contributed by atoms with Crippen molar-refractivity contribution in [3.63, 3.8) is 0 Å². The summed E-state index contributed by atoms with van der Waals surface area (Å²) in [5.41, 5.74) is -0.415. The molecule has 1 N–H and O–H groups in total. The minimum atomic E-state index is -3.48. The Balaban J connectivity index is 2.15. The van der Waals surface area contributed by atoms with Crippen molar-refractivity contribution < 1.29 is 17.9 Å². The van der Waals surface area contributed by atoms with Crippen LogP contribution in [0.5, 0.6) is 0 Å². The van der Waals surface area contributed by atoms with Crippen LogP contribution in [0.15, 0.2) is 30.3 Å². The molecule has 0 bridgehead atoms. The summed E-state index contributed by atoms with van der Waals surface area (Å²) in [6, 6.07) is 9.00. The Morgan fingerprint density at radius 1 is 1.38 bits per heavy atom. The minimum absolute atomic E-state index is 0.0296. The van der Waals surface area contributed by atoms with E-state index in [-0.39, 0.29) is 31.4 Å². The molecule has 0 radical (unpaired) electrons.